The highest BCUT2D eigenvalue weighted by Crippen LogP contribution is 2.26. The lowest BCUT2D eigenvalue weighted by atomic mass is 10.0. The third-order valence-corrected chi connectivity index (χ3v) is 4.88. The Morgan fingerprint density at radius 3 is 3.00 bits per heavy atom. The molecule has 15 heavy (non-hydrogen) atoms. The van der Waals surface area contributed by atoms with Crippen molar-refractivity contribution in [3.63, 3.8) is 0 Å². The van der Waals surface area contributed by atoms with Crippen LogP contribution in [0.2, 0.25) is 0 Å². The Hall–Kier alpha value is -0.120. The van der Waals surface area contributed by atoms with Crippen molar-refractivity contribution in [3.8, 4) is 0 Å². The lowest BCUT2D eigenvalue weighted by Gasteiger charge is -2.18. The summed E-state index contributed by atoms with van der Waals surface area (Å²) in [7, 11) is 0. The highest BCUT2D eigenvalue weighted by Gasteiger charge is 2.09. The van der Waals surface area contributed by atoms with Crippen molar-refractivity contribution in [2.24, 2.45) is 0 Å². The van der Waals surface area contributed by atoms with Crippen LogP contribution < -0.4 is 5.32 Å². The van der Waals surface area contributed by atoms with Gasteiger partial charge in [-0.25, -0.2) is 0 Å². The summed E-state index contributed by atoms with van der Waals surface area (Å²) >= 11 is 5.43. The lowest BCUT2D eigenvalue weighted by Crippen LogP contribution is -2.28. The van der Waals surface area contributed by atoms with Crippen molar-refractivity contribution >= 4 is 27.3 Å². The van der Waals surface area contributed by atoms with Gasteiger partial charge in [-0.2, -0.15) is 0 Å². The normalized spacial score (nSPS) is 20.8. The Labute approximate surface area is 104 Å². The first kappa shape index (κ1) is 11.4. The van der Waals surface area contributed by atoms with Gasteiger partial charge in [0, 0.05) is 26.8 Å². The van der Waals surface area contributed by atoms with Gasteiger partial charge in [-0.1, -0.05) is 12.2 Å². The van der Waals surface area contributed by atoms with E-state index in [1.165, 1.54) is 33.5 Å². The van der Waals surface area contributed by atoms with E-state index in [9.17, 15) is 0 Å². The summed E-state index contributed by atoms with van der Waals surface area (Å²) in [4.78, 5) is 2.80. The van der Waals surface area contributed by atoms with Crippen LogP contribution in [-0.4, -0.2) is 6.04 Å². The van der Waals surface area contributed by atoms with Crippen LogP contribution in [0.5, 0.6) is 0 Å². The molecule has 0 aliphatic heterocycles. The van der Waals surface area contributed by atoms with Crippen LogP contribution in [0, 0.1) is 6.92 Å². The average Bonchev–Trinajstić information content (AvgIpc) is 2.57. The molecule has 0 spiro atoms. The quantitative estimate of drug-likeness (QED) is 0.828. The Bertz CT molecular complexity index is 337. The second-order valence-corrected chi connectivity index (χ2v) is 6.17. The summed E-state index contributed by atoms with van der Waals surface area (Å²) in [6.45, 7) is 3.16. The average molecular weight is 286 g/mol. The molecule has 1 aliphatic rings. The van der Waals surface area contributed by atoms with Crippen LogP contribution in [-0.2, 0) is 6.54 Å². The topological polar surface area (TPSA) is 12.0 Å². The second kappa shape index (κ2) is 5.28. The molecule has 1 aromatic heterocycles. The molecule has 1 nitrogen and oxygen atoms in total. The highest BCUT2D eigenvalue weighted by atomic mass is 79.9. The highest BCUT2D eigenvalue weighted by molar-refractivity contribution is 9.10. The van der Waals surface area contributed by atoms with E-state index < -0.39 is 0 Å². The first-order valence-electron chi connectivity index (χ1n) is 5.39. The Morgan fingerprint density at radius 1 is 1.53 bits per heavy atom. The number of nitrogens with one attached hydrogen (secondary N) is 1. The molecule has 0 radical (unpaired) electrons. The smallest absolute Gasteiger partial charge is 0.0314 e. The van der Waals surface area contributed by atoms with Gasteiger partial charge in [0.15, 0.2) is 0 Å². The molecule has 0 amide bonds. The van der Waals surface area contributed by atoms with Crippen molar-refractivity contribution in [1.82, 2.24) is 5.32 Å². The summed E-state index contributed by atoms with van der Waals surface area (Å²) in [5, 5.41) is 3.62. The summed E-state index contributed by atoms with van der Waals surface area (Å²) < 4.78 is 1.24. The Balaban J connectivity index is 1.84. The molecule has 0 saturated heterocycles. The maximum Gasteiger partial charge on any atom is 0.0314 e. The van der Waals surface area contributed by atoms with E-state index in [4.69, 9.17) is 0 Å². The van der Waals surface area contributed by atoms with E-state index >= 15 is 0 Å². The van der Waals surface area contributed by atoms with Crippen molar-refractivity contribution in [1.29, 1.82) is 0 Å². The number of aryl methyl sites for hydroxylation is 1. The minimum absolute atomic E-state index is 0.677. The molecule has 0 fully saturated rings. The summed E-state index contributed by atoms with van der Waals surface area (Å²) in [6, 6.07) is 2.90. The van der Waals surface area contributed by atoms with E-state index in [1.807, 2.05) is 11.3 Å². The van der Waals surface area contributed by atoms with Crippen molar-refractivity contribution in [3.05, 3.63) is 32.4 Å². The molecule has 3 heteroatoms. The molecule has 1 atom stereocenters. The SMILES string of the molecule is Cc1sc(CNC2CC=CCC2)cc1Br. The van der Waals surface area contributed by atoms with Crippen LogP contribution in [0.15, 0.2) is 22.7 Å². The zero-order valence-electron chi connectivity index (χ0n) is 8.92. The van der Waals surface area contributed by atoms with Gasteiger partial charge in [-0.05, 0) is 48.2 Å². The van der Waals surface area contributed by atoms with E-state index in [-0.39, 0.29) is 0 Å². The summed E-state index contributed by atoms with van der Waals surface area (Å²) in [5.74, 6) is 0. The van der Waals surface area contributed by atoms with Crippen LogP contribution in [0.3, 0.4) is 0 Å². The number of halogens is 1. The van der Waals surface area contributed by atoms with Crippen LogP contribution >= 0.6 is 27.3 Å². The molecule has 82 valence electrons. The Morgan fingerprint density at radius 2 is 2.40 bits per heavy atom. The molecule has 1 heterocycles. The zero-order valence-corrected chi connectivity index (χ0v) is 11.3. The van der Waals surface area contributed by atoms with E-state index in [0.29, 0.717) is 6.04 Å². The molecule has 1 unspecified atom stereocenters. The fourth-order valence-corrected chi connectivity index (χ4v) is 3.38. The number of allylic oxidation sites excluding steroid dienone is 1. The zero-order chi connectivity index (χ0) is 10.7. The van der Waals surface area contributed by atoms with Gasteiger partial charge >= 0.3 is 0 Å². The maximum atomic E-state index is 3.62. The molecule has 0 saturated carbocycles. The van der Waals surface area contributed by atoms with Gasteiger partial charge < -0.3 is 5.32 Å². The standard InChI is InChI=1S/C12H16BrNS/c1-9-12(13)7-11(15-9)8-14-10-5-3-2-4-6-10/h2-3,7,10,14H,4-6,8H2,1H3. The first-order valence-corrected chi connectivity index (χ1v) is 7.00. The van der Waals surface area contributed by atoms with Gasteiger partial charge in [-0.15, -0.1) is 11.3 Å². The van der Waals surface area contributed by atoms with Crippen LogP contribution in [0.1, 0.15) is 29.0 Å². The van der Waals surface area contributed by atoms with E-state index in [2.05, 4.69) is 46.4 Å². The molecule has 2 rings (SSSR count). The van der Waals surface area contributed by atoms with E-state index in [1.54, 1.807) is 0 Å². The van der Waals surface area contributed by atoms with Gasteiger partial charge in [0.05, 0.1) is 0 Å². The molecular formula is C12H16BrNS. The minimum atomic E-state index is 0.677. The number of thiophene rings is 1. The summed E-state index contributed by atoms with van der Waals surface area (Å²) in [5.41, 5.74) is 0. The van der Waals surface area contributed by atoms with Crippen molar-refractivity contribution in [2.75, 3.05) is 0 Å². The molecule has 0 aromatic carbocycles. The monoisotopic (exact) mass is 285 g/mol. The largest absolute Gasteiger partial charge is 0.309 e. The maximum absolute atomic E-state index is 3.62. The number of hydrogen-bond donors (Lipinski definition) is 1. The molecule has 0 bridgehead atoms. The number of rotatable bonds is 3. The Kier molecular flexibility index (Phi) is 4.00. The van der Waals surface area contributed by atoms with Crippen LogP contribution in [0.4, 0.5) is 0 Å². The predicted octanol–water partition coefficient (Wildman–Crippen LogP) is 4.02. The minimum Gasteiger partial charge on any atom is -0.309 e. The van der Waals surface area contributed by atoms with Gasteiger partial charge in [0.2, 0.25) is 0 Å². The van der Waals surface area contributed by atoms with Crippen LogP contribution in [0.25, 0.3) is 0 Å². The number of hydrogen-bond acceptors (Lipinski definition) is 2. The van der Waals surface area contributed by atoms with Crippen molar-refractivity contribution < 1.29 is 0 Å². The molecular weight excluding hydrogens is 270 g/mol. The fraction of sp³-hybridized carbons (Fsp3) is 0.500. The predicted molar refractivity (Wildman–Crippen MR) is 70.4 cm³/mol. The van der Waals surface area contributed by atoms with E-state index in [0.717, 1.165) is 6.54 Å². The third kappa shape index (κ3) is 3.16. The van der Waals surface area contributed by atoms with Gasteiger partial charge in [-0.3, -0.25) is 0 Å². The molecule has 1 aliphatic carbocycles. The lowest BCUT2D eigenvalue weighted by molar-refractivity contribution is 0.476. The first-order chi connectivity index (χ1) is 7.25. The molecule has 1 N–H and O–H groups in total. The third-order valence-electron chi connectivity index (χ3n) is 2.74. The van der Waals surface area contributed by atoms with Gasteiger partial charge in [0.1, 0.15) is 0 Å². The fourth-order valence-electron chi connectivity index (χ4n) is 1.83. The second-order valence-electron chi connectivity index (χ2n) is 3.98. The van der Waals surface area contributed by atoms with Gasteiger partial charge in [0.25, 0.3) is 0 Å². The molecule has 1 aromatic rings. The summed E-state index contributed by atoms with van der Waals surface area (Å²) in [6.07, 6.45) is 8.26. The van der Waals surface area contributed by atoms with Crippen molar-refractivity contribution in [2.45, 2.75) is 38.8 Å².